The highest BCUT2D eigenvalue weighted by Crippen LogP contribution is 2.38. The highest BCUT2D eigenvalue weighted by Gasteiger charge is 2.36. The molecule has 0 bridgehead atoms. The van der Waals surface area contributed by atoms with Gasteiger partial charge in [-0.05, 0) is 42.5 Å². The summed E-state index contributed by atoms with van der Waals surface area (Å²) in [6, 6.07) is 5.92. The molecule has 0 radical (unpaired) electrons. The number of carboxylic acid groups (broad SMARTS) is 1. The molecule has 0 spiro atoms. The number of aromatic carboxylic acids is 1. The van der Waals surface area contributed by atoms with E-state index in [0.717, 1.165) is 0 Å². The molecule has 0 aliphatic rings. The molecular weight excluding hydrogens is 340 g/mol. The number of hydrogen-bond donors (Lipinski definition) is 2. The summed E-state index contributed by atoms with van der Waals surface area (Å²) in [5, 5.41) is 11.1. The summed E-state index contributed by atoms with van der Waals surface area (Å²) >= 11 is 0. The Morgan fingerprint density at radius 3 is 1.62 bits per heavy atom. The molecule has 0 aliphatic carbocycles. The third-order valence-electron chi connectivity index (χ3n) is 3.01. The molecule has 0 saturated heterocycles. The lowest BCUT2D eigenvalue weighted by molar-refractivity contribution is -0.143. The number of nitrogens with one attached hydrogen (secondary N) is 1. The number of halogens is 6. The van der Waals surface area contributed by atoms with Gasteiger partial charge in [-0.3, -0.25) is 0 Å². The number of alkyl halides is 6. The second kappa shape index (κ2) is 6.06. The maximum Gasteiger partial charge on any atom is 0.416 e. The number of benzene rings is 2. The van der Waals surface area contributed by atoms with E-state index in [0.29, 0.717) is 12.1 Å². The Balaban J connectivity index is 2.40. The molecule has 0 atom stereocenters. The highest BCUT2D eigenvalue weighted by molar-refractivity contribution is 5.88. The van der Waals surface area contributed by atoms with Crippen LogP contribution in [0.2, 0.25) is 0 Å². The van der Waals surface area contributed by atoms with Gasteiger partial charge in [0.1, 0.15) is 0 Å². The Morgan fingerprint density at radius 2 is 1.25 bits per heavy atom. The fraction of sp³-hybridized carbons (Fsp3) is 0.133. The first-order valence-corrected chi connectivity index (χ1v) is 6.37. The molecule has 0 saturated carbocycles. The molecule has 0 unspecified atom stereocenters. The summed E-state index contributed by atoms with van der Waals surface area (Å²) < 4.78 is 76.5. The van der Waals surface area contributed by atoms with Gasteiger partial charge in [-0.1, -0.05) is 0 Å². The minimum absolute atomic E-state index is 0.0265. The van der Waals surface area contributed by atoms with Gasteiger partial charge in [-0.25, -0.2) is 4.79 Å². The number of anilines is 2. The van der Waals surface area contributed by atoms with E-state index in [1.165, 1.54) is 24.3 Å². The highest BCUT2D eigenvalue weighted by atomic mass is 19.4. The zero-order valence-corrected chi connectivity index (χ0v) is 11.7. The minimum atomic E-state index is -4.94. The SMILES string of the molecule is O=C(O)c1ccc(Nc2cc(C(F)(F)F)cc(C(F)(F)F)c2)cc1. The van der Waals surface area contributed by atoms with Gasteiger partial charge >= 0.3 is 18.3 Å². The molecule has 3 nitrogen and oxygen atoms in total. The molecule has 2 N–H and O–H groups in total. The van der Waals surface area contributed by atoms with Crippen molar-refractivity contribution < 1.29 is 36.2 Å². The molecule has 9 heteroatoms. The second-order valence-corrected chi connectivity index (χ2v) is 4.80. The topological polar surface area (TPSA) is 49.3 Å². The Labute approximate surface area is 131 Å². The lowest BCUT2D eigenvalue weighted by atomic mass is 10.1. The van der Waals surface area contributed by atoms with Crippen molar-refractivity contribution in [1.82, 2.24) is 0 Å². The molecule has 2 rings (SSSR count). The van der Waals surface area contributed by atoms with Gasteiger partial charge in [0.05, 0.1) is 16.7 Å². The van der Waals surface area contributed by atoms with Crippen LogP contribution in [0.25, 0.3) is 0 Å². The molecule has 0 aliphatic heterocycles. The molecule has 0 amide bonds. The maximum absolute atomic E-state index is 12.8. The Hall–Kier alpha value is -2.71. The van der Waals surface area contributed by atoms with Crippen LogP contribution < -0.4 is 5.32 Å². The van der Waals surface area contributed by atoms with Crippen LogP contribution in [0.4, 0.5) is 37.7 Å². The van der Waals surface area contributed by atoms with E-state index in [9.17, 15) is 31.1 Å². The maximum atomic E-state index is 12.8. The number of rotatable bonds is 3. The smallest absolute Gasteiger partial charge is 0.416 e. The van der Waals surface area contributed by atoms with Crippen LogP contribution in [0.3, 0.4) is 0 Å². The van der Waals surface area contributed by atoms with Crippen LogP contribution in [0.1, 0.15) is 21.5 Å². The van der Waals surface area contributed by atoms with Crippen molar-refractivity contribution in [1.29, 1.82) is 0 Å². The Bertz CT molecular complexity index is 718. The number of carbonyl (C=O) groups is 1. The molecular formula is C15H9F6NO2. The summed E-state index contributed by atoms with van der Waals surface area (Å²) in [7, 11) is 0. The predicted octanol–water partition coefficient (Wildman–Crippen LogP) is 5.17. The quantitative estimate of drug-likeness (QED) is 0.752. The van der Waals surface area contributed by atoms with E-state index in [-0.39, 0.29) is 17.3 Å². The van der Waals surface area contributed by atoms with Gasteiger partial charge in [0.15, 0.2) is 0 Å². The molecule has 2 aromatic carbocycles. The number of hydrogen-bond acceptors (Lipinski definition) is 2. The van der Waals surface area contributed by atoms with Gasteiger partial charge < -0.3 is 10.4 Å². The fourth-order valence-electron chi connectivity index (χ4n) is 1.89. The first-order valence-electron chi connectivity index (χ1n) is 6.37. The molecule has 24 heavy (non-hydrogen) atoms. The van der Waals surface area contributed by atoms with E-state index in [4.69, 9.17) is 5.11 Å². The lowest BCUT2D eigenvalue weighted by Gasteiger charge is -2.15. The van der Waals surface area contributed by atoms with E-state index >= 15 is 0 Å². The summed E-state index contributed by atoms with van der Waals surface area (Å²) in [6.07, 6.45) is -9.88. The van der Waals surface area contributed by atoms with Gasteiger partial charge in [0, 0.05) is 11.4 Å². The van der Waals surface area contributed by atoms with Crippen LogP contribution in [0.5, 0.6) is 0 Å². The monoisotopic (exact) mass is 349 g/mol. The summed E-state index contributed by atoms with van der Waals surface area (Å²) in [5.74, 6) is -1.21. The summed E-state index contributed by atoms with van der Waals surface area (Å²) in [4.78, 5) is 10.7. The average Bonchev–Trinajstić information content (AvgIpc) is 2.45. The zero-order valence-electron chi connectivity index (χ0n) is 11.7. The minimum Gasteiger partial charge on any atom is -0.478 e. The van der Waals surface area contributed by atoms with Crippen molar-refractivity contribution in [3.63, 3.8) is 0 Å². The first-order chi connectivity index (χ1) is 11.0. The third-order valence-corrected chi connectivity index (χ3v) is 3.01. The van der Waals surface area contributed by atoms with Crippen LogP contribution in [-0.2, 0) is 12.4 Å². The second-order valence-electron chi connectivity index (χ2n) is 4.80. The third kappa shape index (κ3) is 4.18. The van der Waals surface area contributed by atoms with Gasteiger partial charge in [0.25, 0.3) is 0 Å². The summed E-state index contributed by atoms with van der Waals surface area (Å²) in [6.45, 7) is 0. The van der Waals surface area contributed by atoms with Crippen LogP contribution in [0.15, 0.2) is 42.5 Å². The first kappa shape index (κ1) is 17.6. The lowest BCUT2D eigenvalue weighted by Crippen LogP contribution is -2.11. The standard InChI is InChI=1S/C15H9F6NO2/c16-14(17,18)9-5-10(15(19,20)21)7-12(6-9)22-11-3-1-8(2-4-11)13(23)24/h1-7,22H,(H,23,24). The van der Waals surface area contributed by atoms with E-state index in [1.54, 1.807) is 0 Å². The molecule has 0 aromatic heterocycles. The van der Waals surface area contributed by atoms with Gasteiger partial charge in [0.2, 0.25) is 0 Å². The van der Waals surface area contributed by atoms with E-state index in [2.05, 4.69) is 5.32 Å². The molecule has 0 heterocycles. The van der Waals surface area contributed by atoms with Crippen molar-refractivity contribution in [2.24, 2.45) is 0 Å². The Kier molecular flexibility index (Phi) is 4.46. The van der Waals surface area contributed by atoms with Crippen molar-refractivity contribution in [3.05, 3.63) is 59.2 Å². The van der Waals surface area contributed by atoms with Crippen molar-refractivity contribution in [2.75, 3.05) is 5.32 Å². The van der Waals surface area contributed by atoms with Crippen molar-refractivity contribution in [3.8, 4) is 0 Å². The van der Waals surface area contributed by atoms with Crippen molar-refractivity contribution in [2.45, 2.75) is 12.4 Å². The molecule has 128 valence electrons. The predicted molar refractivity (Wildman–Crippen MR) is 73.1 cm³/mol. The zero-order chi connectivity index (χ0) is 18.1. The van der Waals surface area contributed by atoms with Crippen molar-refractivity contribution >= 4 is 17.3 Å². The normalized spacial score (nSPS) is 12.1. The Morgan fingerprint density at radius 1 is 0.792 bits per heavy atom. The van der Waals surface area contributed by atoms with Crippen LogP contribution in [-0.4, -0.2) is 11.1 Å². The van der Waals surface area contributed by atoms with Crippen LogP contribution >= 0.6 is 0 Å². The molecule has 0 fully saturated rings. The van der Waals surface area contributed by atoms with Gasteiger partial charge in [-0.2, -0.15) is 26.3 Å². The van der Waals surface area contributed by atoms with Gasteiger partial charge in [-0.15, -0.1) is 0 Å². The van der Waals surface area contributed by atoms with E-state index in [1.807, 2.05) is 0 Å². The number of carboxylic acids is 1. The fourth-order valence-corrected chi connectivity index (χ4v) is 1.89. The van der Waals surface area contributed by atoms with Crippen LogP contribution in [0, 0.1) is 0 Å². The molecule has 2 aromatic rings. The average molecular weight is 349 g/mol. The largest absolute Gasteiger partial charge is 0.478 e. The summed E-state index contributed by atoms with van der Waals surface area (Å²) in [5.41, 5.74) is -3.22. The van der Waals surface area contributed by atoms with E-state index < -0.39 is 35.1 Å².